The van der Waals surface area contributed by atoms with Gasteiger partial charge in [0.1, 0.15) is 5.69 Å². The zero-order valence-electron chi connectivity index (χ0n) is 16.8. The number of rotatable bonds is 7. The third kappa shape index (κ3) is 5.40. The van der Waals surface area contributed by atoms with E-state index in [9.17, 15) is 17.2 Å². The summed E-state index contributed by atoms with van der Waals surface area (Å²) in [6.07, 6.45) is 1.39. The fourth-order valence-corrected chi connectivity index (χ4v) is 5.37. The van der Waals surface area contributed by atoms with Crippen LogP contribution in [0.4, 0.5) is 25.8 Å². The Morgan fingerprint density at radius 3 is 2.43 bits per heavy atom. The third-order valence-electron chi connectivity index (χ3n) is 5.07. The van der Waals surface area contributed by atoms with Gasteiger partial charge in [-0.2, -0.15) is 12.7 Å². The Hall–Kier alpha value is -1.50. The second-order valence-corrected chi connectivity index (χ2v) is 10.1. The van der Waals surface area contributed by atoms with Gasteiger partial charge >= 0.3 is 10.2 Å². The first-order chi connectivity index (χ1) is 14.2. The predicted molar refractivity (Wildman–Crippen MR) is 124 cm³/mol. The molecule has 6 nitrogen and oxygen atoms in total. The molecule has 2 aromatic carbocycles. The van der Waals surface area contributed by atoms with Crippen LogP contribution in [-0.4, -0.2) is 38.4 Å². The zero-order valence-corrected chi connectivity index (χ0v) is 19.8. The van der Waals surface area contributed by atoms with Crippen molar-refractivity contribution < 1.29 is 17.2 Å². The van der Waals surface area contributed by atoms with Gasteiger partial charge in [-0.15, -0.1) is 0 Å². The maximum atomic E-state index is 14.6. The van der Waals surface area contributed by atoms with Crippen molar-refractivity contribution in [3.8, 4) is 0 Å². The molecule has 0 saturated carbocycles. The number of anilines is 3. The van der Waals surface area contributed by atoms with Crippen molar-refractivity contribution in [3.63, 3.8) is 0 Å². The van der Waals surface area contributed by atoms with Gasteiger partial charge in [0.25, 0.3) is 0 Å². The van der Waals surface area contributed by atoms with Crippen LogP contribution in [0, 0.1) is 22.1 Å². The van der Waals surface area contributed by atoms with Gasteiger partial charge in [0.05, 0.1) is 5.69 Å². The standard InChI is InChI=1S/C20H25F2IN4O2S/c1-3-24-15-8-10-27(11-9-15)30(28,29)26-18-7-5-16(21)19(22)20(18)25-17-6-4-14(23)12-13(17)2/h4-7,12,15,24-26H,3,8-11H2,1-2H3. The number of nitrogens with one attached hydrogen (secondary N) is 3. The molecule has 3 N–H and O–H groups in total. The van der Waals surface area contributed by atoms with Crippen LogP contribution in [0.5, 0.6) is 0 Å². The largest absolute Gasteiger partial charge is 0.351 e. The summed E-state index contributed by atoms with van der Waals surface area (Å²) in [4.78, 5) is 0. The molecule has 1 saturated heterocycles. The van der Waals surface area contributed by atoms with Crippen molar-refractivity contribution >= 4 is 49.9 Å². The van der Waals surface area contributed by atoms with Crippen molar-refractivity contribution in [2.75, 3.05) is 29.7 Å². The lowest BCUT2D eigenvalue weighted by Gasteiger charge is -2.31. The van der Waals surface area contributed by atoms with Gasteiger partial charge in [-0.3, -0.25) is 4.72 Å². The van der Waals surface area contributed by atoms with Crippen molar-refractivity contribution in [1.82, 2.24) is 9.62 Å². The molecule has 2 aromatic rings. The molecule has 0 bridgehead atoms. The van der Waals surface area contributed by atoms with E-state index in [1.165, 1.54) is 10.4 Å². The van der Waals surface area contributed by atoms with Crippen LogP contribution in [0.2, 0.25) is 0 Å². The summed E-state index contributed by atoms with van der Waals surface area (Å²) < 4.78 is 59.1. The number of hydrogen-bond acceptors (Lipinski definition) is 4. The number of piperidine rings is 1. The Morgan fingerprint density at radius 1 is 1.13 bits per heavy atom. The van der Waals surface area contributed by atoms with E-state index < -0.39 is 21.8 Å². The molecule has 0 unspecified atom stereocenters. The second kappa shape index (κ2) is 9.75. The highest BCUT2D eigenvalue weighted by molar-refractivity contribution is 14.1. The molecule has 0 spiro atoms. The minimum atomic E-state index is -3.91. The fourth-order valence-electron chi connectivity index (χ4n) is 3.45. The molecule has 0 aliphatic carbocycles. The second-order valence-electron chi connectivity index (χ2n) is 7.21. The van der Waals surface area contributed by atoms with Gasteiger partial charge in [-0.1, -0.05) is 6.92 Å². The predicted octanol–water partition coefficient (Wildman–Crippen LogP) is 4.35. The summed E-state index contributed by atoms with van der Waals surface area (Å²) in [6, 6.07) is 7.88. The van der Waals surface area contributed by atoms with E-state index in [1.54, 1.807) is 6.07 Å². The van der Waals surface area contributed by atoms with Gasteiger partial charge in [0.15, 0.2) is 11.6 Å². The topological polar surface area (TPSA) is 73.5 Å². The van der Waals surface area contributed by atoms with Crippen molar-refractivity contribution in [1.29, 1.82) is 0 Å². The Morgan fingerprint density at radius 2 is 1.80 bits per heavy atom. The van der Waals surface area contributed by atoms with E-state index in [0.29, 0.717) is 31.6 Å². The SMILES string of the molecule is CCNC1CCN(S(=O)(=O)Nc2ccc(F)c(F)c2Nc2ccc(I)cc2C)CC1. The van der Waals surface area contributed by atoms with Crippen LogP contribution in [-0.2, 0) is 10.2 Å². The number of nitrogens with zero attached hydrogens (tertiary/aromatic N) is 1. The number of hydrogen-bond donors (Lipinski definition) is 3. The van der Waals surface area contributed by atoms with Crippen molar-refractivity contribution in [2.24, 2.45) is 0 Å². The Balaban J connectivity index is 1.84. The van der Waals surface area contributed by atoms with Gasteiger partial charge < -0.3 is 10.6 Å². The summed E-state index contributed by atoms with van der Waals surface area (Å²) in [7, 11) is -3.91. The van der Waals surface area contributed by atoms with Gasteiger partial charge in [-0.25, -0.2) is 8.78 Å². The molecular formula is C20H25F2IN4O2S. The van der Waals surface area contributed by atoms with Gasteiger partial charge in [-0.05, 0) is 84.8 Å². The quantitative estimate of drug-likeness (QED) is 0.449. The van der Waals surface area contributed by atoms with Crippen LogP contribution in [0.15, 0.2) is 30.3 Å². The summed E-state index contributed by atoms with van der Waals surface area (Å²) in [5.41, 5.74) is 1.10. The summed E-state index contributed by atoms with van der Waals surface area (Å²) in [5.74, 6) is -2.20. The molecule has 1 aliphatic rings. The Bertz CT molecular complexity index is 1010. The zero-order chi connectivity index (χ0) is 21.9. The number of aryl methyl sites for hydroxylation is 1. The molecule has 0 amide bonds. The molecule has 0 aromatic heterocycles. The molecule has 1 fully saturated rings. The molecule has 1 heterocycles. The first-order valence-corrected chi connectivity index (χ1v) is 12.3. The van der Waals surface area contributed by atoms with Gasteiger partial charge in [0, 0.05) is 28.4 Å². The normalized spacial score (nSPS) is 15.9. The monoisotopic (exact) mass is 550 g/mol. The summed E-state index contributed by atoms with van der Waals surface area (Å²) >= 11 is 2.16. The van der Waals surface area contributed by atoms with Crippen molar-refractivity contribution in [2.45, 2.75) is 32.7 Å². The van der Waals surface area contributed by atoms with Crippen LogP contribution >= 0.6 is 22.6 Å². The highest BCUT2D eigenvalue weighted by atomic mass is 127. The van der Waals surface area contributed by atoms with E-state index in [1.807, 2.05) is 26.0 Å². The highest BCUT2D eigenvalue weighted by Crippen LogP contribution is 2.33. The molecule has 0 radical (unpaired) electrons. The van der Waals surface area contributed by atoms with Crippen LogP contribution in [0.1, 0.15) is 25.3 Å². The van der Waals surface area contributed by atoms with Gasteiger partial charge in [0.2, 0.25) is 0 Å². The van der Waals surface area contributed by atoms with E-state index in [2.05, 4.69) is 37.9 Å². The molecule has 1 aliphatic heterocycles. The highest BCUT2D eigenvalue weighted by Gasteiger charge is 2.29. The smallest absolute Gasteiger partial charge is 0.301 e. The van der Waals surface area contributed by atoms with Crippen molar-refractivity contribution in [3.05, 3.63) is 51.1 Å². The van der Waals surface area contributed by atoms with Crippen LogP contribution in [0.3, 0.4) is 0 Å². The van der Waals surface area contributed by atoms with E-state index >= 15 is 0 Å². The van der Waals surface area contributed by atoms with E-state index in [0.717, 1.165) is 21.7 Å². The average Bonchev–Trinajstić information content (AvgIpc) is 2.70. The molecule has 3 rings (SSSR count). The number of benzene rings is 2. The maximum Gasteiger partial charge on any atom is 0.301 e. The lowest BCUT2D eigenvalue weighted by atomic mass is 10.1. The Labute approximate surface area is 189 Å². The molecular weight excluding hydrogens is 525 g/mol. The van der Waals surface area contributed by atoms with Crippen LogP contribution < -0.4 is 15.4 Å². The third-order valence-corrected chi connectivity index (χ3v) is 7.26. The van der Waals surface area contributed by atoms with E-state index in [-0.39, 0.29) is 17.4 Å². The number of halogens is 3. The Kier molecular flexibility index (Phi) is 7.53. The summed E-state index contributed by atoms with van der Waals surface area (Å²) in [6.45, 7) is 5.39. The lowest BCUT2D eigenvalue weighted by molar-refractivity contribution is 0.293. The maximum absolute atomic E-state index is 14.6. The fraction of sp³-hybridized carbons (Fsp3) is 0.400. The lowest BCUT2D eigenvalue weighted by Crippen LogP contribution is -2.46. The molecule has 30 heavy (non-hydrogen) atoms. The van der Waals surface area contributed by atoms with E-state index in [4.69, 9.17) is 0 Å². The first-order valence-electron chi connectivity index (χ1n) is 9.73. The minimum absolute atomic E-state index is 0.0411. The van der Waals surface area contributed by atoms with Crippen LogP contribution in [0.25, 0.3) is 0 Å². The first kappa shape index (κ1) is 23.2. The molecule has 10 heteroatoms. The molecule has 164 valence electrons. The molecule has 0 atom stereocenters. The summed E-state index contributed by atoms with van der Waals surface area (Å²) in [5, 5.41) is 6.17. The minimum Gasteiger partial charge on any atom is -0.351 e. The average molecular weight is 550 g/mol.